The molecular formula is C33H32F2N8O4S. The van der Waals surface area contributed by atoms with Gasteiger partial charge in [-0.15, -0.1) is 5.10 Å². The number of hydrogen-bond acceptors (Lipinski definition) is 10. The van der Waals surface area contributed by atoms with Crippen molar-refractivity contribution >= 4 is 40.5 Å². The molecule has 4 aromatic rings. The van der Waals surface area contributed by atoms with E-state index in [0.29, 0.717) is 41.8 Å². The Morgan fingerprint density at radius 3 is 2.67 bits per heavy atom. The van der Waals surface area contributed by atoms with Gasteiger partial charge in [0.25, 0.3) is 5.91 Å². The molecule has 0 unspecified atom stereocenters. The fraction of sp³-hybridized carbons (Fsp3) is 0.333. The third kappa shape index (κ3) is 6.48. The van der Waals surface area contributed by atoms with Gasteiger partial charge in [0, 0.05) is 12.1 Å². The Balaban J connectivity index is 1.44. The molecule has 1 saturated heterocycles. The van der Waals surface area contributed by atoms with Crippen LogP contribution in [0.25, 0.3) is 22.3 Å². The van der Waals surface area contributed by atoms with Crippen LogP contribution in [0.15, 0.2) is 60.4 Å². The lowest BCUT2D eigenvalue weighted by Crippen LogP contribution is -2.60. The number of thioether (sulfide) groups is 1. The summed E-state index contributed by atoms with van der Waals surface area (Å²) in [6, 6.07) is 10.9. The molecule has 6 rings (SSSR count). The Morgan fingerprint density at radius 2 is 1.98 bits per heavy atom. The summed E-state index contributed by atoms with van der Waals surface area (Å²) in [5.41, 5.74) is 7.49. The highest BCUT2D eigenvalue weighted by atomic mass is 32.2. The second-order valence-corrected chi connectivity index (χ2v) is 12.5. The van der Waals surface area contributed by atoms with Crippen molar-refractivity contribution in [3.8, 4) is 28.8 Å². The van der Waals surface area contributed by atoms with Crippen LogP contribution >= 0.6 is 11.8 Å². The van der Waals surface area contributed by atoms with Gasteiger partial charge in [-0.3, -0.25) is 9.80 Å². The third-order valence-electron chi connectivity index (χ3n) is 8.33. The molecule has 48 heavy (non-hydrogen) atoms. The predicted octanol–water partition coefficient (Wildman–Crippen LogP) is 5.10. The molecule has 3 heterocycles. The van der Waals surface area contributed by atoms with Gasteiger partial charge in [-0.05, 0) is 86.4 Å². The lowest BCUT2D eigenvalue weighted by molar-refractivity contribution is -0.140. The first-order chi connectivity index (χ1) is 23.2. The summed E-state index contributed by atoms with van der Waals surface area (Å²) in [5.74, 6) is -2.98. The van der Waals surface area contributed by atoms with Crippen LogP contribution in [-0.4, -0.2) is 72.5 Å². The molecule has 12 nitrogen and oxygen atoms in total. The van der Waals surface area contributed by atoms with Crippen molar-refractivity contribution in [2.24, 2.45) is 5.92 Å². The van der Waals surface area contributed by atoms with Crippen LogP contribution in [0.1, 0.15) is 32.1 Å². The number of nitriles is 1. The number of carboxylic acids is 1. The number of fused-ring (bicyclic) bond motifs is 1. The Labute approximate surface area is 278 Å². The van der Waals surface area contributed by atoms with E-state index < -0.39 is 35.7 Å². The minimum absolute atomic E-state index is 0.0401. The zero-order valence-corrected chi connectivity index (χ0v) is 26.7. The van der Waals surface area contributed by atoms with Gasteiger partial charge >= 0.3 is 5.97 Å². The number of carbonyl (C=O) groups excluding carboxylic acids is 1. The highest BCUT2D eigenvalue weighted by molar-refractivity contribution is 7.98. The van der Waals surface area contributed by atoms with E-state index in [2.05, 4.69) is 9.97 Å². The van der Waals surface area contributed by atoms with E-state index >= 15 is 0 Å². The molecular weight excluding hydrogens is 642 g/mol. The molecule has 2 aromatic heterocycles. The van der Waals surface area contributed by atoms with E-state index in [4.69, 9.17) is 15.6 Å². The molecule has 1 aliphatic heterocycles. The average molecular weight is 675 g/mol. The number of nitrogens with zero attached hydrogens (tertiary/aromatic N) is 7. The molecule has 0 bridgehead atoms. The number of nitrogens with two attached hydrogens (primary N) is 1. The van der Waals surface area contributed by atoms with E-state index in [9.17, 15) is 28.7 Å². The number of halogens is 2. The van der Waals surface area contributed by atoms with Crippen molar-refractivity contribution in [3.63, 3.8) is 0 Å². The molecule has 248 valence electrons. The van der Waals surface area contributed by atoms with Crippen molar-refractivity contribution in [1.82, 2.24) is 24.8 Å². The summed E-state index contributed by atoms with van der Waals surface area (Å²) in [4.78, 5) is 38.3. The van der Waals surface area contributed by atoms with Crippen LogP contribution < -0.4 is 15.5 Å². The first-order valence-electron chi connectivity index (χ1n) is 15.4. The number of rotatable bonds is 12. The normalized spacial score (nSPS) is 16.9. The molecule has 2 aliphatic rings. The number of aliphatic carboxylic acids is 1. The van der Waals surface area contributed by atoms with Crippen LogP contribution in [0.5, 0.6) is 11.5 Å². The smallest absolute Gasteiger partial charge is 0.328 e. The van der Waals surface area contributed by atoms with Crippen molar-refractivity contribution in [3.05, 3.63) is 72.1 Å². The van der Waals surface area contributed by atoms with E-state index in [1.165, 1.54) is 35.0 Å². The predicted molar refractivity (Wildman–Crippen MR) is 175 cm³/mol. The first kappa shape index (κ1) is 32.7. The largest absolute Gasteiger partial charge is 0.480 e. The molecule has 0 spiro atoms. The van der Waals surface area contributed by atoms with Crippen LogP contribution in [0, 0.1) is 28.9 Å². The summed E-state index contributed by atoms with van der Waals surface area (Å²) < 4.78 is 33.5. The molecule has 1 amide bonds. The van der Waals surface area contributed by atoms with Crippen LogP contribution in [-0.2, 0) is 9.59 Å². The minimum atomic E-state index is -1.13. The number of carboxylic acid groups (broad SMARTS) is 1. The molecule has 2 fully saturated rings. The van der Waals surface area contributed by atoms with Crippen molar-refractivity contribution in [2.75, 3.05) is 29.3 Å². The van der Waals surface area contributed by atoms with E-state index in [-0.39, 0.29) is 40.9 Å². The molecule has 0 radical (unpaired) electrons. The standard InChI is InChI=1S/C33H32F2N8O4S/c1-48-15-13-24(33(45)46)42(26-6-3-14-41(26)32(44)21(17-36)16-19-7-8-19)43-31-27(30(37)38-18-39-31)29(40-43)20-9-11-22(12-10-20)47-25-5-2-4-23(34)28(25)35/h2,4-5,9-12,16,18-19,24,26H,3,6-8,13-15H2,1H3,(H,45,46)(H2,37,38,39)/t24-,26-/m0/s1. The fourth-order valence-electron chi connectivity index (χ4n) is 5.83. The second-order valence-electron chi connectivity index (χ2n) is 11.5. The highest BCUT2D eigenvalue weighted by Gasteiger charge is 2.42. The third-order valence-corrected chi connectivity index (χ3v) is 8.97. The summed E-state index contributed by atoms with van der Waals surface area (Å²) in [6.07, 6.45) is 7.14. The minimum Gasteiger partial charge on any atom is -0.480 e. The highest BCUT2D eigenvalue weighted by Crippen LogP contribution is 2.36. The van der Waals surface area contributed by atoms with Gasteiger partial charge in [-0.2, -0.15) is 26.2 Å². The lowest BCUT2D eigenvalue weighted by atomic mass is 10.1. The number of carbonyl (C=O) groups is 2. The summed E-state index contributed by atoms with van der Waals surface area (Å²) in [5, 5.41) is 27.2. The van der Waals surface area contributed by atoms with Crippen LogP contribution in [0.3, 0.4) is 0 Å². The molecule has 2 aromatic carbocycles. The van der Waals surface area contributed by atoms with Gasteiger partial charge in [0.05, 0.1) is 5.39 Å². The maximum atomic E-state index is 14.2. The number of nitrogen functional groups attached to an aromatic ring is 1. The summed E-state index contributed by atoms with van der Waals surface area (Å²) in [7, 11) is 0. The fourth-order valence-corrected chi connectivity index (χ4v) is 6.29. The molecule has 2 atom stereocenters. The summed E-state index contributed by atoms with van der Waals surface area (Å²) >= 11 is 1.49. The van der Waals surface area contributed by atoms with Gasteiger partial charge in [0.2, 0.25) is 5.82 Å². The Hall–Kier alpha value is -5.23. The SMILES string of the molecule is CSCC[C@@H](C(=O)O)N([C@H]1CCCN1C(=O)C(C#N)=CC1CC1)n1nc(-c2ccc(Oc3cccc(F)c3F)cc2)c2c(N)ncnc21. The zero-order chi connectivity index (χ0) is 33.9. The maximum Gasteiger partial charge on any atom is 0.328 e. The van der Waals surface area contributed by atoms with Gasteiger partial charge in [0.15, 0.2) is 17.2 Å². The number of likely N-dealkylation sites (tertiary alicyclic amines) is 1. The summed E-state index contributed by atoms with van der Waals surface area (Å²) in [6.45, 7) is 0.328. The van der Waals surface area contributed by atoms with Crippen molar-refractivity contribution in [2.45, 2.75) is 44.3 Å². The number of ether oxygens (including phenoxy) is 1. The Kier molecular flexibility index (Phi) is 9.44. The number of aromatic nitrogens is 4. The number of allylic oxidation sites excluding steroid dienone is 1. The molecule has 1 saturated carbocycles. The van der Waals surface area contributed by atoms with E-state index in [0.717, 1.165) is 18.9 Å². The Bertz CT molecular complexity index is 1930. The van der Waals surface area contributed by atoms with Gasteiger partial charge in [-0.1, -0.05) is 12.1 Å². The number of benzene rings is 2. The number of amides is 1. The van der Waals surface area contributed by atoms with Crippen molar-refractivity contribution < 1.29 is 28.2 Å². The molecule has 3 N–H and O–H groups in total. The quantitative estimate of drug-likeness (QED) is 0.152. The van der Waals surface area contributed by atoms with Gasteiger partial charge in [-0.25, -0.2) is 19.2 Å². The van der Waals surface area contributed by atoms with Gasteiger partial charge in [0.1, 0.15) is 47.4 Å². The van der Waals surface area contributed by atoms with Crippen LogP contribution in [0.4, 0.5) is 14.6 Å². The van der Waals surface area contributed by atoms with Crippen LogP contribution in [0.2, 0.25) is 0 Å². The maximum absolute atomic E-state index is 14.2. The second kappa shape index (κ2) is 13.9. The number of hydrogen-bond donors (Lipinski definition) is 2. The molecule has 1 aliphatic carbocycles. The average Bonchev–Trinajstić information content (AvgIpc) is 3.63. The Morgan fingerprint density at radius 1 is 1.21 bits per heavy atom. The van der Waals surface area contributed by atoms with E-state index in [1.807, 2.05) is 12.3 Å². The first-order valence-corrected chi connectivity index (χ1v) is 16.8. The monoisotopic (exact) mass is 674 g/mol. The topological polar surface area (TPSA) is 163 Å². The van der Waals surface area contributed by atoms with Gasteiger partial charge < -0.3 is 20.5 Å². The number of anilines is 1. The zero-order valence-electron chi connectivity index (χ0n) is 25.9. The molecule has 15 heteroatoms. The lowest BCUT2D eigenvalue weighted by Gasteiger charge is -2.39. The van der Waals surface area contributed by atoms with Crippen molar-refractivity contribution in [1.29, 1.82) is 5.26 Å². The van der Waals surface area contributed by atoms with E-state index in [1.54, 1.807) is 40.3 Å².